The fourth-order valence-corrected chi connectivity index (χ4v) is 3.68. The highest BCUT2D eigenvalue weighted by atomic mass is 32.2. The molecule has 1 fully saturated rings. The zero-order valence-electron chi connectivity index (χ0n) is 13.5. The molecule has 1 amide bonds. The normalized spacial score (nSPS) is 17.8. The van der Waals surface area contributed by atoms with Crippen molar-refractivity contribution in [3.8, 4) is 0 Å². The average Bonchev–Trinajstić information content (AvgIpc) is 3.10. The number of hydrogen-bond donors (Lipinski definition) is 2. The minimum atomic E-state index is -3.67. The van der Waals surface area contributed by atoms with Crippen molar-refractivity contribution < 1.29 is 22.3 Å². The highest BCUT2D eigenvalue weighted by Crippen LogP contribution is 2.18. The van der Waals surface area contributed by atoms with Crippen LogP contribution in [0.2, 0.25) is 0 Å². The van der Waals surface area contributed by atoms with Gasteiger partial charge in [0, 0.05) is 31.9 Å². The van der Waals surface area contributed by atoms with E-state index in [4.69, 9.17) is 4.74 Å². The molecule has 2 N–H and O–H groups in total. The van der Waals surface area contributed by atoms with Gasteiger partial charge >= 0.3 is 0 Å². The SMILES string of the molecule is O=C(NCCF)c1cccc(S(=O)(=O)NCCCC2CCOC2)c1. The van der Waals surface area contributed by atoms with Gasteiger partial charge in [0.05, 0.1) is 4.90 Å². The van der Waals surface area contributed by atoms with E-state index in [-0.39, 0.29) is 17.0 Å². The van der Waals surface area contributed by atoms with Crippen LogP contribution in [0, 0.1) is 5.92 Å². The molecule has 1 saturated heterocycles. The Kier molecular flexibility index (Phi) is 7.14. The highest BCUT2D eigenvalue weighted by molar-refractivity contribution is 7.89. The van der Waals surface area contributed by atoms with E-state index in [9.17, 15) is 17.6 Å². The van der Waals surface area contributed by atoms with Crippen molar-refractivity contribution in [2.75, 3.05) is 33.0 Å². The van der Waals surface area contributed by atoms with Crippen molar-refractivity contribution in [2.24, 2.45) is 5.92 Å². The van der Waals surface area contributed by atoms with Crippen LogP contribution in [0.25, 0.3) is 0 Å². The lowest BCUT2D eigenvalue weighted by Gasteiger charge is -2.10. The molecule has 1 atom stereocenters. The lowest BCUT2D eigenvalue weighted by molar-refractivity contribution is 0.0950. The van der Waals surface area contributed by atoms with Crippen LogP contribution in [0.3, 0.4) is 0 Å². The smallest absolute Gasteiger partial charge is 0.251 e. The highest BCUT2D eigenvalue weighted by Gasteiger charge is 2.18. The first kappa shape index (κ1) is 18.8. The molecule has 134 valence electrons. The summed E-state index contributed by atoms with van der Waals surface area (Å²) >= 11 is 0. The summed E-state index contributed by atoms with van der Waals surface area (Å²) < 4.78 is 44.5. The molecule has 0 saturated carbocycles. The maximum absolute atomic E-state index is 12.3. The maximum Gasteiger partial charge on any atom is 0.251 e. The number of carbonyl (C=O) groups excluding carboxylic acids is 1. The number of benzene rings is 1. The minimum Gasteiger partial charge on any atom is -0.381 e. The first-order valence-corrected chi connectivity index (χ1v) is 9.53. The van der Waals surface area contributed by atoms with E-state index in [0.717, 1.165) is 32.5 Å². The van der Waals surface area contributed by atoms with Crippen LogP contribution in [0.15, 0.2) is 29.2 Å². The van der Waals surface area contributed by atoms with Gasteiger partial charge in [-0.3, -0.25) is 4.79 Å². The van der Waals surface area contributed by atoms with Gasteiger partial charge in [-0.2, -0.15) is 0 Å². The van der Waals surface area contributed by atoms with Gasteiger partial charge in [-0.15, -0.1) is 0 Å². The molecule has 0 aliphatic carbocycles. The van der Waals surface area contributed by atoms with Crippen molar-refractivity contribution in [3.05, 3.63) is 29.8 Å². The Morgan fingerprint density at radius 3 is 2.88 bits per heavy atom. The van der Waals surface area contributed by atoms with Gasteiger partial charge < -0.3 is 10.1 Å². The second kappa shape index (κ2) is 9.10. The third-order valence-electron chi connectivity index (χ3n) is 3.89. The Morgan fingerprint density at radius 1 is 1.33 bits per heavy atom. The fraction of sp³-hybridized carbons (Fsp3) is 0.562. The zero-order chi connectivity index (χ0) is 17.4. The van der Waals surface area contributed by atoms with Crippen LogP contribution in [0.1, 0.15) is 29.6 Å². The van der Waals surface area contributed by atoms with Crippen LogP contribution in [-0.2, 0) is 14.8 Å². The number of alkyl halides is 1. The predicted octanol–water partition coefficient (Wildman–Crippen LogP) is 1.48. The third kappa shape index (κ3) is 5.54. The first-order chi connectivity index (χ1) is 11.5. The van der Waals surface area contributed by atoms with Gasteiger partial charge in [-0.1, -0.05) is 6.07 Å². The van der Waals surface area contributed by atoms with Gasteiger partial charge in [-0.05, 0) is 43.4 Å². The predicted molar refractivity (Wildman–Crippen MR) is 88.1 cm³/mol. The second-order valence-electron chi connectivity index (χ2n) is 5.74. The van der Waals surface area contributed by atoms with E-state index in [1.807, 2.05) is 0 Å². The van der Waals surface area contributed by atoms with Crippen molar-refractivity contribution in [2.45, 2.75) is 24.2 Å². The van der Waals surface area contributed by atoms with Crippen LogP contribution in [-0.4, -0.2) is 47.3 Å². The Hall–Kier alpha value is -1.51. The summed E-state index contributed by atoms with van der Waals surface area (Å²) in [6.07, 6.45) is 2.70. The standard InChI is InChI=1S/C16H23FN2O4S/c17-7-9-18-16(20)14-4-1-5-15(11-14)24(21,22)19-8-2-3-13-6-10-23-12-13/h1,4-5,11,13,19H,2-3,6-10,12H2,(H,18,20). The van der Waals surface area contributed by atoms with E-state index in [1.165, 1.54) is 24.3 Å². The quantitative estimate of drug-likeness (QED) is 0.655. The molecule has 0 radical (unpaired) electrons. The van der Waals surface area contributed by atoms with Gasteiger partial charge in [0.2, 0.25) is 10.0 Å². The molecule has 1 aromatic carbocycles. The van der Waals surface area contributed by atoms with Gasteiger partial charge in [-0.25, -0.2) is 17.5 Å². The van der Waals surface area contributed by atoms with E-state index in [1.54, 1.807) is 0 Å². The van der Waals surface area contributed by atoms with Crippen LogP contribution >= 0.6 is 0 Å². The maximum atomic E-state index is 12.3. The van der Waals surface area contributed by atoms with Crippen LogP contribution in [0.5, 0.6) is 0 Å². The van der Waals surface area contributed by atoms with Crippen molar-refractivity contribution >= 4 is 15.9 Å². The number of amides is 1. The molecule has 8 heteroatoms. The molecule has 0 bridgehead atoms. The largest absolute Gasteiger partial charge is 0.381 e. The number of carbonyl (C=O) groups is 1. The lowest BCUT2D eigenvalue weighted by Crippen LogP contribution is -2.27. The molecule has 2 rings (SSSR count). The molecule has 1 heterocycles. The number of halogens is 1. The summed E-state index contributed by atoms with van der Waals surface area (Å²) in [6.45, 7) is 1.11. The molecule has 1 unspecified atom stereocenters. The molecule has 24 heavy (non-hydrogen) atoms. The summed E-state index contributed by atoms with van der Waals surface area (Å²) in [7, 11) is -3.67. The Labute approximate surface area is 141 Å². The van der Waals surface area contributed by atoms with Crippen molar-refractivity contribution in [1.82, 2.24) is 10.0 Å². The lowest BCUT2D eigenvalue weighted by atomic mass is 10.0. The number of rotatable bonds is 9. The molecular weight excluding hydrogens is 335 g/mol. The summed E-state index contributed by atoms with van der Waals surface area (Å²) in [6, 6.07) is 5.71. The first-order valence-electron chi connectivity index (χ1n) is 8.04. The molecular formula is C16H23FN2O4S. The topological polar surface area (TPSA) is 84.5 Å². The minimum absolute atomic E-state index is 0.0274. The Bertz CT molecular complexity index is 645. The molecule has 6 nitrogen and oxygen atoms in total. The monoisotopic (exact) mass is 358 g/mol. The summed E-state index contributed by atoms with van der Waals surface area (Å²) in [5.74, 6) is 0.0166. The molecule has 0 aromatic heterocycles. The van der Waals surface area contributed by atoms with Crippen molar-refractivity contribution in [1.29, 1.82) is 0 Å². The third-order valence-corrected chi connectivity index (χ3v) is 5.35. The molecule has 0 spiro atoms. The van der Waals surface area contributed by atoms with E-state index >= 15 is 0 Å². The molecule has 1 aliphatic rings. The number of ether oxygens (including phenoxy) is 1. The Morgan fingerprint density at radius 2 is 2.17 bits per heavy atom. The van der Waals surface area contributed by atoms with E-state index in [0.29, 0.717) is 12.5 Å². The van der Waals surface area contributed by atoms with Gasteiger partial charge in [0.15, 0.2) is 0 Å². The summed E-state index contributed by atoms with van der Waals surface area (Å²) in [4.78, 5) is 11.8. The van der Waals surface area contributed by atoms with Crippen LogP contribution in [0.4, 0.5) is 4.39 Å². The second-order valence-corrected chi connectivity index (χ2v) is 7.51. The zero-order valence-corrected chi connectivity index (χ0v) is 14.3. The summed E-state index contributed by atoms with van der Waals surface area (Å²) in [5, 5.41) is 2.37. The number of hydrogen-bond acceptors (Lipinski definition) is 4. The molecule has 1 aliphatic heterocycles. The van der Waals surface area contributed by atoms with Crippen LogP contribution < -0.4 is 10.0 Å². The molecule has 1 aromatic rings. The summed E-state index contributed by atoms with van der Waals surface area (Å²) in [5.41, 5.74) is 0.189. The number of sulfonamides is 1. The Balaban J connectivity index is 1.89. The van der Waals surface area contributed by atoms with Crippen molar-refractivity contribution in [3.63, 3.8) is 0 Å². The van der Waals surface area contributed by atoms with E-state index in [2.05, 4.69) is 10.0 Å². The van der Waals surface area contributed by atoms with E-state index < -0.39 is 22.6 Å². The van der Waals surface area contributed by atoms with Gasteiger partial charge in [0.25, 0.3) is 5.91 Å². The number of nitrogens with one attached hydrogen (secondary N) is 2. The van der Waals surface area contributed by atoms with Gasteiger partial charge in [0.1, 0.15) is 6.67 Å². The average molecular weight is 358 g/mol. The fourth-order valence-electron chi connectivity index (χ4n) is 2.56.